The Morgan fingerprint density at radius 3 is 2.59 bits per heavy atom. The van der Waals surface area contributed by atoms with E-state index in [2.05, 4.69) is 9.97 Å². The van der Waals surface area contributed by atoms with E-state index < -0.39 is 40.5 Å². The van der Waals surface area contributed by atoms with Crippen LogP contribution in [0.15, 0.2) is 17.2 Å². The summed E-state index contributed by atoms with van der Waals surface area (Å²) in [7, 11) is -2.47. The Labute approximate surface area is 166 Å². The van der Waals surface area contributed by atoms with Gasteiger partial charge >= 0.3 is 6.18 Å². The third-order valence-corrected chi connectivity index (χ3v) is 8.11. The summed E-state index contributed by atoms with van der Waals surface area (Å²) in [4.78, 5) is 7.22. The van der Waals surface area contributed by atoms with Crippen LogP contribution in [0.4, 0.5) is 22.0 Å². The molecule has 0 bridgehead atoms. The number of fused-ring (bicyclic) bond motifs is 2. The molecule has 1 aliphatic carbocycles. The number of halogens is 5. The van der Waals surface area contributed by atoms with Crippen molar-refractivity contribution in [2.24, 2.45) is 7.05 Å². The Balaban J connectivity index is 2.01. The van der Waals surface area contributed by atoms with E-state index in [4.69, 9.17) is 0 Å². The van der Waals surface area contributed by atoms with Crippen molar-refractivity contribution in [2.45, 2.75) is 36.8 Å². The molecule has 12 heteroatoms. The Hall–Kier alpha value is -2.08. The van der Waals surface area contributed by atoms with E-state index in [1.165, 1.54) is 18.5 Å². The first kappa shape index (κ1) is 20.2. The van der Waals surface area contributed by atoms with Crippen LogP contribution in [-0.2, 0) is 23.1 Å². The van der Waals surface area contributed by atoms with Gasteiger partial charge in [-0.05, 0) is 6.07 Å². The number of imidazole rings is 1. The molecule has 0 spiro atoms. The maximum atomic E-state index is 14.5. The lowest BCUT2D eigenvalue weighted by molar-refractivity contribution is -0.141. The quantitative estimate of drug-likeness (QED) is 0.530. The Bertz CT molecular complexity index is 1230. The first-order valence-electron chi connectivity index (χ1n) is 8.53. The molecule has 2 atom stereocenters. The Morgan fingerprint density at radius 1 is 1.28 bits per heavy atom. The molecule has 156 valence electrons. The molecule has 29 heavy (non-hydrogen) atoms. The van der Waals surface area contributed by atoms with Crippen LogP contribution in [0.25, 0.3) is 21.7 Å². The van der Waals surface area contributed by atoms with E-state index in [1.807, 2.05) is 0 Å². The van der Waals surface area contributed by atoms with Crippen molar-refractivity contribution in [1.29, 1.82) is 0 Å². The number of rotatable bonds is 3. The zero-order chi connectivity index (χ0) is 21.3. The molecule has 1 aliphatic rings. The fourth-order valence-corrected chi connectivity index (χ4v) is 6.49. The van der Waals surface area contributed by atoms with E-state index >= 15 is 0 Å². The summed E-state index contributed by atoms with van der Waals surface area (Å²) in [6.45, 7) is 1.38. The lowest BCUT2D eigenvalue weighted by atomic mass is 10.2. The van der Waals surface area contributed by atoms with Crippen LogP contribution in [0, 0.1) is 0 Å². The number of pyridine rings is 1. The maximum absolute atomic E-state index is 14.5. The molecule has 0 amide bonds. The summed E-state index contributed by atoms with van der Waals surface area (Å²) in [5, 5.41) is 0. The number of sulfone groups is 1. The van der Waals surface area contributed by atoms with Crippen molar-refractivity contribution >= 4 is 32.2 Å². The first-order chi connectivity index (χ1) is 13.5. The Kier molecular flexibility index (Phi) is 4.50. The molecular weight excluding hydrogens is 437 g/mol. The second-order valence-electron chi connectivity index (χ2n) is 6.66. The van der Waals surface area contributed by atoms with E-state index in [0.717, 1.165) is 23.6 Å². The molecule has 0 aromatic carbocycles. The summed E-state index contributed by atoms with van der Waals surface area (Å²) in [6.07, 6.45) is -7.54. The van der Waals surface area contributed by atoms with Gasteiger partial charge in [-0.1, -0.05) is 6.92 Å². The third kappa shape index (κ3) is 3.03. The van der Waals surface area contributed by atoms with Gasteiger partial charge in [-0.15, -0.1) is 11.3 Å². The highest BCUT2D eigenvalue weighted by atomic mass is 32.2. The second kappa shape index (κ2) is 6.46. The normalized spacial score (nSPS) is 19.8. The van der Waals surface area contributed by atoms with E-state index in [-0.39, 0.29) is 42.8 Å². The summed E-state index contributed by atoms with van der Waals surface area (Å²) in [5.74, 6) is -0.316. The molecule has 2 unspecified atom stereocenters. The number of thiophene rings is 1. The van der Waals surface area contributed by atoms with Crippen molar-refractivity contribution in [3.8, 4) is 10.7 Å². The molecule has 3 heterocycles. The SMILES string of the molecule is CCS(=O)(=O)c1c(-c2nc3cc(C(F)(F)F)ncc3n2C)sc2c1C(F)CC2F. The summed E-state index contributed by atoms with van der Waals surface area (Å²) in [6, 6.07) is 0.754. The van der Waals surface area contributed by atoms with Gasteiger partial charge in [0.2, 0.25) is 0 Å². The molecule has 0 fully saturated rings. The average molecular weight is 451 g/mol. The molecular formula is C17H14F5N3O2S2. The molecule has 0 aliphatic heterocycles. The zero-order valence-corrected chi connectivity index (χ0v) is 16.7. The van der Waals surface area contributed by atoms with Gasteiger partial charge < -0.3 is 4.57 Å². The summed E-state index contributed by atoms with van der Waals surface area (Å²) >= 11 is 0.775. The van der Waals surface area contributed by atoms with E-state index in [9.17, 15) is 30.4 Å². The monoisotopic (exact) mass is 451 g/mol. The van der Waals surface area contributed by atoms with Crippen LogP contribution in [0.3, 0.4) is 0 Å². The second-order valence-corrected chi connectivity index (χ2v) is 9.93. The number of alkyl halides is 5. The first-order valence-corrected chi connectivity index (χ1v) is 11.0. The molecule has 0 N–H and O–H groups in total. The minimum absolute atomic E-state index is 0.0133. The van der Waals surface area contributed by atoms with Gasteiger partial charge in [-0.2, -0.15) is 13.2 Å². The van der Waals surface area contributed by atoms with Gasteiger partial charge in [0.25, 0.3) is 0 Å². The molecule has 4 rings (SSSR count). The van der Waals surface area contributed by atoms with Gasteiger partial charge in [0, 0.05) is 23.9 Å². The number of aryl methyl sites for hydroxylation is 1. The Morgan fingerprint density at radius 2 is 1.97 bits per heavy atom. The van der Waals surface area contributed by atoms with Crippen molar-refractivity contribution in [2.75, 3.05) is 5.75 Å². The highest BCUT2D eigenvalue weighted by Crippen LogP contribution is 2.54. The number of hydrogen-bond donors (Lipinski definition) is 0. The van der Waals surface area contributed by atoms with E-state index in [1.54, 1.807) is 0 Å². The van der Waals surface area contributed by atoms with Crippen LogP contribution in [0.1, 0.15) is 41.8 Å². The van der Waals surface area contributed by atoms with Crippen LogP contribution in [-0.4, -0.2) is 28.7 Å². The third-order valence-electron chi connectivity index (χ3n) is 4.89. The minimum Gasteiger partial charge on any atom is -0.325 e. The summed E-state index contributed by atoms with van der Waals surface area (Å²) < 4.78 is 94.3. The largest absolute Gasteiger partial charge is 0.433 e. The van der Waals surface area contributed by atoms with Gasteiger partial charge in [0.15, 0.2) is 15.7 Å². The smallest absolute Gasteiger partial charge is 0.325 e. The minimum atomic E-state index is -4.67. The topological polar surface area (TPSA) is 64.8 Å². The van der Waals surface area contributed by atoms with Crippen LogP contribution >= 0.6 is 11.3 Å². The van der Waals surface area contributed by atoms with Gasteiger partial charge in [0.1, 0.15) is 18.0 Å². The standard InChI is InChI=1S/C17H14F5N3O2S2/c1-3-29(26,27)15-12-7(18)4-8(19)13(12)28-14(15)16-24-9-5-11(17(20,21)22)23-6-10(9)25(16)2/h5-8H,3-4H2,1-2H3. The van der Waals surface area contributed by atoms with Gasteiger partial charge in [-0.25, -0.2) is 27.2 Å². The van der Waals surface area contributed by atoms with Crippen molar-refractivity contribution in [3.05, 3.63) is 28.4 Å². The lowest BCUT2D eigenvalue weighted by Crippen LogP contribution is -2.08. The van der Waals surface area contributed by atoms with Crippen LogP contribution in [0.2, 0.25) is 0 Å². The number of hydrogen-bond acceptors (Lipinski definition) is 5. The molecule has 0 saturated heterocycles. The summed E-state index contributed by atoms with van der Waals surface area (Å²) in [5.41, 5.74) is -1.15. The fourth-order valence-electron chi connectivity index (χ4n) is 3.43. The van der Waals surface area contributed by atoms with E-state index in [0.29, 0.717) is 0 Å². The molecule has 3 aromatic heterocycles. The molecule has 0 saturated carbocycles. The van der Waals surface area contributed by atoms with Crippen LogP contribution in [0.5, 0.6) is 0 Å². The molecule has 0 radical (unpaired) electrons. The van der Waals surface area contributed by atoms with Crippen molar-refractivity contribution < 1.29 is 30.4 Å². The van der Waals surface area contributed by atoms with Gasteiger partial charge in [0.05, 0.1) is 32.8 Å². The lowest BCUT2D eigenvalue weighted by Gasteiger charge is -2.09. The van der Waals surface area contributed by atoms with Gasteiger partial charge in [-0.3, -0.25) is 0 Å². The molecule has 3 aromatic rings. The highest BCUT2D eigenvalue weighted by molar-refractivity contribution is 7.91. The number of aromatic nitrogens is 3. The maximum Gasteiger partial charge on any atom is 0.433 e. The predicted molar refractivity (Wildman–Crippen MR) is 96.9 cm³/mol. The fraction of sp³-hybridized carbons (Fsp3) is 0.412. The highest BCUT2D eigenvalue weighted by Gasteiger charge is 2.42. The predicted octanol–water partition coefficient (Wildman–Crippen LogP) is 4.93. The average Bonchev–Trinajstić information content (AvgIpc) is 3.27. The van der Waals surface area contributed by atoms with Crippen molar-refractivity contribution in [1.82, 2.24) is 14.5 Å². The number of nitrogens with zero attached hydrogens (tertiary/aromatic N) is 3. The molecule has 5 nitrogen and oxygen atoms in total. The zero-order valence-electron chi connectivity index (χ0n) is 15.1. The van der Waals surface area contributed by atoms with Crippen molar-refractivity contribution in [3.63, 3.8) is 0 Å². The van der Waals surface area contributed by atoms with Crippen LogP contribution < -0.4 is 0 Å².